The lowest BCUT2D eigenvalue weighted by atomic mass is 9.57. The molecule has 0 unspecified atom stereocenters. The van der Waals surface area contributed by atoms with Gasteiger partial charge in [-0.1, -0.05) is 20.8 Å². The van der Waals surface area contributed by atoms with E-state index in [0.29, 0.717) is 23.8 Å². The number of amides is 1. The molecule has 0 bridgehead atoms. The number of carbonyl (C=O) groups is 3. The summed E-state index contributed by atoms with van der Waals surface area (Å²) in [6, 6.07) is 0.623. The summed E-state index contributed by atoms with van der Waals surface area (Å²) < 4.78 is 5.83. The molecule has 1 saturated carbocycles. The van der Waals surface area contributed by atoms with Crippen LogP contribution >= 0.6 is 0 Å². The molecular formula is C30H41N3O8. The Hall–Kier alpha value is -3.41. The highest BCUT2D eigenvalue weighted by molar-refractivity contribution is 6.24. The Kier molecular flexibility index (Phi) is 8.03. The number of benzene rings is 1. The largest absolute Gasteiger partial charge is 0.508 e. The van der Waals surface area contributed by atoms with Gasteiger partial charge in [0.25, 0.3) is 5.91 Å². The van der Waals surface area contributed by atoms with Crippen molar-refractivity contribution in [3.05, 3.63) is 39.7 Å². The molecule has 5 atom stereocenters. The van der Waals surface area contributed by atoms with Gasteiger partial charge in [0.15, 0.2) is 11.4 Å². The molecule has 41 heavy (non-hydrogen) atoms. The number of aromatic hydroxyl groups is 1. The fourth-order valence-corrected chi connectivity index (χ4v) is 6.91. The number of hydrogen-bond acceptors (Lipinski definition) is 10. The average molecular weight is 572 g/mol. The normalized spacial score (nSPS) is 26.9. The summed E-state index contributed by atoms with van der Waals surface area (Å²) in [7, 11) is 4.65. The van der Waals surface area contributed by atoms with E-state index in [1.165, 1.54) is 18.1 Å². The second kappa shape index (κ2) is 10.8. The third kappa shape index (κ3) is 4.50. The minimum atomic E-state index is -2.67. The van der Waals surface area contributed by atoms with Crippen LogP contribution in [0.2, 0.25) is 0 Å². The summed E-state index contributed by atoms with van der Waals surface area (Å²) in [6.45, 7) is 9.70. The molecule has 11 nitrogen and oxygen atoms in total. The molecule has 3 aliphatic carbocycles. The molecule has 0 radical (unpaired) electrons. The van der Waals surface area contributed by atoms with Crippen molar-refractivity contribution in [3.8, 4) is 11.5 Å². The van der Waals surface area contributed by atoms with Crippen LogP contribution in [0.4, 0.5) is 0 Å². The zero-order valence-corrected chi connectivity index (χ0v) is 24.7. The van der Waals surface area contributed by atoms with Crippen LogP contribution in [-0.4, -0.2) is 93.1 Å². The van der Waals surface area contributed by atoms with Gasteiger partial charge in [0.1, 0.15) is 28.6 Å². The van der Waals surface area contributed by atoms with Gasteiger partial charge in [-0.2, -0.15) is 0 Å². The summed E-state index contributed by atoms with van der Waals surface area (Å²) in [6.07, 6.45) is 0.191. The number of likely N-dealkylation sites (N-methyl/N-ethyl adjacent to an activating group) is 1. The Morgan fingerprint density at radius 1 is 1.20 bits per heavy atom. The number of ether oxygens (including phenoxy) is 1. The molecule has 11 heteroatoms. The highest BCUT2D eigenvalue weighted by Gasteiger charge is 2.64. The van der Waals surface area contributed by atoms with Gasteiger partial charge in [-0.15, -0.1) is 0 Å². The van der Waals surface area contributed by atoms with Crippen LogP contribution in [0.1, 0.15) is 50.8 Å². The van der Waals surface area contributed by atoms with E-state index in [9.17, 15) is 34.8 Å². The van der Waals surface area contributed by atoms with E-state index in [4.69, 9.17) is 10.5 Å². The molecule has 0 saturated heterocycles. The number of methoxy groups -OCH3 is 1. The summed E-state index contributed by atoms with van der Waals surface area (Å²) in [4.78, 5) is 43.1. The summed E-state index contributed by atoms with van der Waals surface area (Å²) in [5, 5.41) is 45.3. The van der Waals surface area contributed by atoms with Crippen molar-refractivity contribution in [2.75, 3.05) is 27.7 Å². The fraction of sp³-hybridized carbons (Fsp3) is 0.567. The number of ketones is 2. The van der Waals surface area contributed by atoms with E-state index in [2.05, 4.69) is 32.6 Å². The molecule has 1 aromatic carbocycles. The van der Waals surface area contributed by atoms with Crippen LogP contribution < -0.4 is 10.5 Å². The second-order valence-corrected chi connectivity index (χ2v) is 12.0. The van der Waals surface area contributed by atoms with Gasteiger partial charge in [0, 0.05) is 35.2 Å². The molecule has 1 aromatic rings. The second-order valence-electron chi connectivity index (χ2n) is 12.0. The van der Waals surface area contributed by atoms with Gasteiger partial charge in [0.05, 0.1) is 18.7 Å². The first kappa shape index (κ1) is 30.5. The number of rotatable bonds is 8. The van der Waals surface area contributed by atoms with Gasteiger partial charge >= 0.3 is 0 Å². The van der Waals surface area contributed by atoms with E-state index in [1.807, 2.05) is 0 Å². The standard InChI is InChI=1S/C30H41N3O8/c1-8-33(14(4)13(2)3)12-16-11-19(34)21-17(26(16)41-7)9-15-10-18-23(32(5)6)25(36)22(29(31)39)28(38)30(18,40)27(37)20(15)24(21)35/h11,13-15,18,23,34-35,38,40H,8-10,12H2,1-7H3,(H2,31,39)/t14-,15+,18+,23+,30+/m1/s1. The van der Waals surface area contributed by atoms with Crippen LogP contribution in [0, 0.1) is 17.8 Å². The Morgan fingerprint density at radius 3 is 2.34 bits per heavy atom. The number of fused-ring (bicyclic) bond motifs is 3. The molecule has 0 aromatic heterocycles. The van der Waals surface area contributed by atoms with E-state index in [1.54, 1.807) is 14.1 Å². The topological polar surface area (TPSA) is 174 Å². The number of nitrogens with zero attached hydrogens (tertiary/aromatic N) is 2. The molecule has 1 fully saturated rings. The minimum absolute atomic E-state index is 0.0156. The molecule has 3 aliphatic rings. The van der Waals surface area contributed by atoms with Crippen LogP contribution in [-0.2, 0) is 27.3 Å². The van der Waals surface area contributed by atoms with Crippen LogP contribution in [0.5, 0.6) is 11.5 Å². The predicted octanol–water partition coefficient (Wildman–Crippen LogP) is 1.84. The number of Topliss-reactive ketones (excluding diaryl/α,β-unsaturated/α-hetero) is 2. The maximum Gasteiger partial charge on any atom is 0.255 e. The fourth-order valence-electron chi connectivity index (χ4n) is 6.91. The van der Waals surface area contributed by atoms with Gasteiger partial charge in [0.2, 0.25) is 5.78 Å². The third-order valence-corrected chi connectivity index (χ3v) is 9.27. The van der Waals surface area contributed by atoms with E-state index >= 15 is 0 Å². The van der Waals surface area contributed by atoms with Crippen molar-refractivity contribution in [1.82, 2.24) is 9.80 Å². The average Bonchev–Trinajstić information content (AvgIpc) is 2.88. The molecule has 4 rings (SSSR count). The zero-order chi connectivity index (χ0) is 30.7. The van der Waals surface area contributed by atoms with Gasteiger partial charge in [-0.3, -0.25) is 24.2 Å². The van der Waals surface area contributed by atoms with Crippen molar-refractivity contribution in [2.45, 2.75) is 64.8 Å². The predicted molar refractivity (Wildman–Crippen MR) is 151 cm³/mol. The van der Waals surface area contributed by atoms with Crippen molar-refractivity contribution in [3.63, 3.8) is 0 Å². The minimum Gasteiger partial charge on any atom is -0.508 e. The van der Waals surface area contributed by atoms with Crippen molar-refractivity contribution in [2.24, 2.45) is 23.5 Å². The maximum atomic E-state index is 14.0. The number of primary amides is 1. The van der Waals surface area contributed by atoms with E-state index < -0.39 is 58.0 Å². The molecular weight excluding hydrogens is 530 g/mol. The number of aliphatic hydroxyl groups excluding tert-OH is 2. The van der Waals surface area contributed by atoms with Crippen LogP contribution in [0.3, 0.4) is 0 Å². The first-order valence-corrected chi connectivity index (χ1v) is 13.9. The van der Waals surface area contributed by atoms with Crippen molar-refractivity contribution < 1.29 is 39.5 Å². The highest BCUT2D eigenvalue weighted by atomic mass is 16.5. The number of phenols is 1. The molecule has 1 amide bonds. The molecule has 0 aliphatic heterocycles. The Bertz CT molecular complexity index is 1360. The summed E-state index contributed by atoms with van der Waals surface area (Å²) in [5.41, 5.74) is 2.93. The maximum absolute atomic E-state index is 14.0. The molecule has 0 heterocycles. The van der Waals surface area contributed by atoms with Gasteiger partial charge in [-0.25, -0.2) is 0 Å². The number of hydrogen-bond donors (Lipinski definition) is 5. The Balaban J connectivity index is 1.90. The summed E-state index contributed by atoms with van der Waals surface area (Å²) >= 11 is 0. The first-order chi connectivity index (χ1) is 19.1. The Morgan fingerprint density at radius 2 is 1.83 bits per heavy atom. The lowest BCUT2D eigenvalue weighted by Crippen LogP contribution is -2.65. The monoisotopic (exact) mass is 571 g/mol. The van der Waals surface area contributed by atoms with Gasteiger partial charge in [-0.05, 0) is 58.3 Å². The zero-order valence-electron chi connectivity index (χ0n) is 24.7. The summed E-state index contributed by atoms with van der Waals surface area (Å²) in [5.74, 6) is -5.92. The quantitative estimate of drug-likeness (QED) is 0.290. The van der Waals surface area contributed by atoms with Crippen molar-refractivity contribution >= 4 is 23.2 Å². The first-order valence-electron chi connectivity index (χ1n) is 13.9. The van der Waals surface area contributed by atoms with Crippen molar-refractivity contribution in [1.29, 1.82) is 0 Å². The van der Waals surface area contributed by atoms with Crippen LogP contribution in [0.25, 0.3) is 5.76 Å². The van der Waals surface area contributed by atoms with E-state index in [-0.39, 0.29) is 35.8 Å². The van der Waals surface area contributed by atoms with Crippen LogP contribution in [0.15, 0.2) is 23.0 Å². The number of nitrogens with two attached hydrogens (primary N) is 1. The number of phenolic OH excluding ortho intramolecular Hbond substituents is 1. The number of carbonyl (C=O) groups excluding carboxylic acids is 3. The Labute approximate surface area is 239 Å². The number of aliphatic hydroxyl groups is 3. The smallest absolute Gasteiger partial charge is 0.255 e. The third-order valence-electron chi connectivity index (χ3n) is 9.27. The lowest BCUT2D eigenvalue weighted by molar-refractivity contribution is -0.153. The lowest BCUT2D eigenvalue weighted by Gasteiger charge is -2.50. The molecule has 6 N–H and O–H groups in total. The van der Waals surface area contributed by atoms with E-state index in [0.717, 1.165) is 12.1 Å². The SMILES string of the molecule is CCN(Cc1cc(O)c2c(c1OC)C[C@H]1C[C@H]3[C@H](N(C)C)C(=O)C(C(N)=O)=C(O)[C@@]3(O)C(=O)C1=C2O)[C@H](C)C(C)C. The molecule has 224 valence electrons. The van der Waals surface area contributed by atoms with Gasteiger partial charge < -0.3 is 30.9 Å². The highest BCUT2D eigenvalue weighted by Crippen LogP contribution is 2.54. The molecule has 0 spiro atoms.